The van der Waals surface area contributed by atoms with Crippen molar-refractivity contribution in [3.63, 3.8) is 0 Å². The predicted octanol–water partition coefficient (Wildman–Crippen LogP) is 0.0776. The maximum Gasteiger partial charge on any atom is 0.0161 e. The maximum absolute atomic E-state index is 3.29. The summed E-state index contributed by atoms with van der Waals surface area (Å²) in [4.78, 5) is 2.29. The molecule has 2 nitrogen and oxygen atoms in total. The number of nitrogens with zero attached hydrogens (tertiary/aromatic N) is 1. The van der Waals surface area contributed by atoms with Gasteiger partial charge in [-0.2, -0.15) is 0 Å². The Balaban J connectivity index is 2.28. The summed E-state index contributed by atoms with van der Waals surface area (Å²) in [5.74, 6) is 0. The van der Waals surface area contributed by atoms with Gasteiger partial charge in [0.1, 0.15) is 0 Å². The molecule has 0 bridgehead atoms. The second-order valence-corrected chi connectivity index (χ2v) is 2.44. The van der Waals surface area contributed by atoms with Crippen molar-refractivity contribution in [2.75, 3.05) is 33.2 Å². The van der Waals surface area contributed by atoms with Gasteiger partial charge in [0.15, 0.2) is 0 Å². The Morgan fingerprint density at radius 2 is 2.33 bits per heavy atom. The average Bonchev–Trinajstić information content (AvgIpc) is 1.79. The Morgan fingerprint density at radius 3 is 3.22 bits per heavy atom. The molecular weight excluding hydrogens is 112 g/mol. The van der Waals surface area contributed by atoms with Crippen LogP contribution in [0.25, 0.3) is 0 Å². The largest absolute Gasteiger partial charge is 0.312 e. The number of nitrogens with one attached hydrogen (secondary N) is 1. The minimum absolute atomic E-state index is 1.04. The first-order valence-electron chi connectivity index (χ1n) is 3.44. The van der Waals surface area contributed by atoms with Crippen molar-refractivity contribution in [3.05, 3.63) is 12.2 Å². The van der Waals surface area contributed by atoms with E-state index in [1.54, 1.807) is 0 Å². The molecule has 1 N–H and O–H groups in total. The van der Waals surface area contributed by atoms with Gasteiger partial charge in [-0.15, -0.1) is 0 Å². The molecule has 52 valence electrons. The van der Waals surface area contributed by atoms with Crippen LogP contribution in [0.5, 0.6) is 0 Å². The van der Waals surface area contributed by atoms with Gasteiger partial charge in [0, 0.05) is 26.2 Å². The Morgan fingerprint density at radius 1 is 1.44 bits per heavy atom. The summed E-state index contributed by atoms with van der Waals surface area (Å²) in [6, 6.07) is 0. The zero-order valence-corrected chi connectivity index (χ0v) is 5.93. The highest BCUT2D eigenvalue weighted by Crippen LogP contribution is 1.84. The lowest BCUT2D eigenvalue weighted by Crippen LogP contribution is -2.31. The van der Waals surface area contributed by atoms with E-state index in [0.717, 1.165) is 26.2 Å². The van der Waals surface area contributed by atoms with Gasteiger partial charge in [-0.1, -0.05) is 12.2 Å². The topological polar surface area (TPSA) is 15.3 Å². The first-order valence-corrected chi connectivity index (χ1v) is 3.44. The second-order valence-electron chi connectivity index (χ2n) is 2.44. The van der Waals surface area contributed by atoms with Crippen LogP contribution in [-0.4, -0.2) is 38.1 Å². The molecule has 0 atom stereocenters. The average molecular weight is 126 g/mol. The summed E-state index contributed by atoms with van der Waals surface area (Å²) in [6.07, 6.45) is 4.38. The summed E-state index contributed by atoms with van der Waals surface area (Å²) < 4.78 is 0. The van der Waals surface area contributed by atoms with Crippen LogP contribution in [0.4, 0.5) is 0 Å². The summed E-state index contributed by atoms with van der Waals surface area (Å²) in [6.45, 7) is 4.40. The van der Waals surface area contributed by atoms with E-state index in [-0.39, 0.29) is 0 Å². The fraction of sp³-hybridized carbons (Fsp3) is 0.714. The minimum Gasteiger partial charge on any atom is -0.312 e. The molecule has 1 rings (SSSR count). The SMILES string of the molecule is CN1C/C=C\CNCC1. The summed E-state index contributed by atoms with van der Waals surface area (Å²) in [7, 11) is 2.14. The molecule has 0 saturated heterocycles. The lowest BCUT2D eigenvalue weighted by atomic mass is 10.4. The standard InChI is InChI=1S/C7H14N2/c1-9-6-3-2-4-8-5-7-9/h2-3,8H,4-7H2,1H3/b3-2-. The maximum atomic E-state index is 3.29. The highest BCUT2D eigenvalue weighted by Gasteiger charge is 1.95. The van der Waals surface area contributed by atoms with Crippen molar-refractivity contribution in [1.29, 1.82) is 0 Å². The van der Waals surface area contributed by atoms with Gasteiger partial charge in [0.2, 0.25) is 0 Å². The molecule has 0 aliphatic carbocycles. The van der Waals surface area contributed by atoms with E-state index >= 15 is 0 Å². The fourth-order valence-electron chi connectivity index (χ4n) is 0.884. The van der Waals surface area contributed by atoms with E-state index in [0.29, 0.717) is 0 Å². The molecule has 9 heavy (non-hydrogen) atoms. The third-order valence-corrected chi connectivity index (χ3v) is 1.52. The summed E-state index contributed by atoms with van der Waals surface area (Å²) in [5, 5.41) is 3.29. The molecular formula is C7H14N2. The number of rotatable bonds is 0. The van der Waals surface area contributed by atoms with Crippen molar-refractivity contribution < 1.29 is 0 Å². The number of likely N-dealkylation sites (N-methyl/N-ethyl adjacent to an activating group) is 1. The van der Waals surface area contributed by atoms with Crippen LogP contribution in [0.1, 0.15) is 0 Å². The highest BCUT2D eigenvalue weighted by molar-refractivity contribution is 4.87. The Bertz CT molecular complexity index is 99.1. The van der Waals surface area contributed by atoms with E-state index in [9.17, 15) is 0 Å². The first-order chi connectivity index (χ1) is 4.39. The van der Waals surface area contributed by atoms with Gasteiger partial charge in [0.25, 0.3) is 0 Å². The van der Waals surface area contributed by atoms with Gasteiger partial charge in [-0.25, -0.2) is 0 Å². The van der Waals surface area contributed by atoms with Gasteiger partial charge < -0.3 is 10.2 Å². The van der Waals surface area contributed by atoms with Crippen LogP contribution in [0.3, 0.4) is 0 Å². The van der Waals surface area contributed by atoms with E-state index in [1.807, 2.05) is 0 Å². The van der Waals surface area contributed by atoms with E-state index in [4.69, 9.17) is 0 Å². The molecule has 2 heteroatoms. The van der Waals surface area contributed by atoms with Crippen molar-refractivity contribution >= 4 is 0 Å². The van der Waals surface area contributed by atoms with Gasteiger partial charge >= 0.3 is 0 Å². The zero-order chi connectivity index (χ0) is 6.53. The van der Waals surface area contributed by atoms with Crippen LogP contribution in [0, 0.1) is 0 Å². The molecule has 0 fully saturated rings. The molecule has 0 spiro atoms. The van der Waals surface area contributed by atoms with Crippen LogP contribution in [-0.2, 0) is 0 Å². The molecule has 0 aromatic rings. The number of hydrogen-bond acceptors (Lipinski definition) is 2. The normalized spacial score (nSPS) is 26.8. The Kier molecular flexibility index (Phi) is 2.74. The second kappa shape index (κ2) is 3.64. The molecule has 1 heterocycles. The quantitative estimate of drug-likeness (QED) is 0.462. The molecule has 1 aliphatic rings. The molecule has 0 amide bonds. The summed E-state index contributed by atoms with van der Waals surface area (Å²) in [5.41, 5.74) is 0. The van der Waals surface area contributed by atoms with Gasteiger partial charge in [0.05, 0.1) is 0 Å². The van der Waals surface area contributed by atoms with Crippen molar-refractivity contribution in [1.82, 2.24) is 10.2 Å². The minimum atomic E-state index is 1.04. The molecule has 0 unspecified atom stereocenters. The Hall–Kier alpha value is -0.340. The third kappa shape index (κ3) is 2.63. The molecule has 0 aromatic heterocycles. The highest BCUT2D eigenvalue weighted by atomic mass is 15.1. The van der Waals surface area contributed by atoms with Crippen molar-refractivity contribution in [3.8, 4) is 0 Å². The molecule has 0 radical (unpaired) electrons. The van der Waals surface area contributed by atoms with Crippen LogP contribution in [0.2, 0.25) is 0 Å². The third-order valence-electron chi connectivity index (χ3n) is 1.52. The van der Waals surface area contributed by atoms with Gasteiger partial charge in [-0.3, -0.25) is 0 Å². The molecule has 0 aromatic carbocycles. The summed E-state index contributed by atoms with van der Waals surface area (Å²) >= 11 is 0. The monoisotopic (exact) mass is 126 g/mol. The smallest absolute Gasteiger partial charge is 0.0161 e. The predicted molar refractivity (Wildman–Crippen MR) is 39.5 cm³/mol. The lowest BCUT2D eigenvalue weighted by Gasteiger charge is -2.16. The molecule has 1 aliphatic heterocycles. The van der Waals surface area contributed by atoms with Crippen molar-refractivity contribution in [2.24, 2.45) is 0 Å². The van der Waals surface area contributed by atoms with E-state index < -0.39 is 0 Å². The van der Waals surface area contributed by atoms with E-state index in [2.05, 4.69) is 29.4 Å². The molecule has 0 saturated carbocycles. The van der Waals surface area contributed by atoms with Gasteiger partial charge in [-0.05, 0) is 7.05 Å². The zero-order valence-electron chi connectivity index (χ0n) is 5.93. The van der Waals surface area contributed by atoms with Crippen LogP contribution in [0.15, 0.2) is 12.2 Å². The number of hydrogen-bond donors (Lipinski definition) is 1. The van der Waals surface area contributed by atoms with Crippen LogP contribution >= 0.6 is 0 Å². The first kappa shape index (κ1) is 6.78. The Labute approximate surface area is 56.5 Å². The fourth-order valence-corrected chi connectivity index (χ4v) is 0.884. The van der Waals surface area contributed by atoms with Crippen molar-refractivity contribution in [2.45, 2.75) is 0 Å². The van der Waals surface area contributed by atoms with Crippen LogP contribution < -0.4 is 5.32 Å². The van der Waals surface area contributed by atoms with E-state index in [1.165, 1.54) is 0 Å². The lowest BCUT2D eigenvalue weighted by molar-refractivity contribution is 0.363.